The zero-order chi connectivity index (χ0) is 19.6. The van der Waals surface area contributed by atoms with Gasteiger partial charge in [0, 0.05) is 5.92 Å². The number of benzene rings is 1. The molecule has 2 rings (SSSR count). The average molecular weight is 408 g/mol. The van der Waals surface area contributed by atoms with Gasteiger partial charge in [0.25, 0.3) is 0 Å². The van der Waals surface area contributed by atoms with E-state index < -0.39 is 22.9 Å². The van der Waals surface area contributed by atoms with Crippen LogP contribution in [0.3, 0.4) is 0 Å². The Kier molecular flexibility index (Phi) is 6.07. The van der Waals surface area contributed by atoms with E-state index in [1.165, 1.54) is 4.68 Å². The smallest absolute Gasteiger partial charge is 0.336 e. The first-order valence-electron chi connectivity index (χ1n) is 7.55. The summed E-state index contributed by atoms with van der Waals surface area (Å²) in [6, 6.07) is 2.73. The number of hydrogen-bond acceptors (Lipinski definition) is 5. The van der Waals surface area contributed by atoms with Gasteiger partial charge in [-0.25, -0.2) is 4.68 Å². The fourth-order valence-corrected chi connectivity index (χ4v) is 2.95. The van der Waals surface area contributed by atoms with Gasteiger partial charge in [-0.1, -0.05) is 37.2 Å². The third-order valence-corrected chi connectivity index (χ3v) is 4.80. The van der Waals surface area contributed by atoms with E-state index in [4.69, 9.17) is 17.4 Å². The second kappa shape index (κ2) is 7.75. The van der Waals surface area contributed by atoms with Crippen molar-refractivity contribution in [1.29, 1.82) is 0 Å². The molecule has 0 aliphatic carbocycles. The number of alkyl halides is 3. The van der Waals surface area contributed by atoms with E-state index in [1.807, 2.05) is 13.8 Å². The van der Waals surface area contributed by atoms with Crippen LogP contribution in [0.15, 0.2) is 23.4 Å². The number of thioether (sulfide) groups is 1. The van der Waals surface area contributed by atoms with E-state index in [0.717, 1.165) is 30.0 Å². The Morgan fingerprint density at radius 2 is 1.96 bits per heavy atom. The molecule has 3 N–H and O–H groups in total. The van der Waals surface area contributed by atoms with Crippen LogP contribution in [0.1, 0.15) is 38.1 Å². The number of hydrogen-bond donors (Lipinski definition) is 2. The maximum atomic E-state index is 12.8. The van der Waals surface area contributed by atoms with Crippen molar-refractivity contribution < 1.29 is 18.0 Å². The molecule has 0 radical (unpaired) electrons. The van der Waals surface area contributed by atoms with Crippen molar-refractivity contribution in [2.45, 2.75) is 43.3 Å². The molecule has 0 spiro atoms. The number of rotatable bonds is 5. The van der Waals surface area contributed by atoms with E-state index in [9.17, 15) is 18.0 Å². The van der Waals surface area contributed by atoms with Crippen LogP contribution in [0.5, 0.6) is 0 Å². The molecular formula is C15H17ClF3N5OS. The largest absolute Gasteiger partial charge is 0.416 e. The third kappa shape index (κ3) is 4.61. The molecule has 0 aliphatic heterocycles. The van der Waals surface area contributed by atoms with Gasteiger partial charge in [0.2, 0.25) is 11.1 Å². The fraction of sp³-hybridized carbons (Fsp3) is 0.400. The first-order valence-corrected chi connectivity index (χ1v) is 8.81. The number of amides is 1. The number of carbonyl (C=O) groups excluding carboxylic acids is 1. The SMILES string of the molecule is CC(C)c1nnc(S[C@@H](C)C(=O)Nc2cc(C(F)(F)F)ccc2Cl)n1N. The van der Waals surface area contributed by atoms with Crippen molar-refractivity contribution in [3.8, 4) is 0 Å². The lowest BCUT2D eigenvalue weighted by Crippen LogP contribution is -2.24. The minimum Gasteiger partial charge on any atom is -0.336 e. The topological polar surface area (TPSA) is 85.8 Å². The lowest BCUT2D eigenvalue weighted by atomic mass is 10.2. The quantitative estimate of drug-likeness (QED) is 0.579. The summed E-state index contributed by atoms with van der Waals surface area (Å²) in [5.74, 6) is 5.96. The maximum Gasteiger partial charge on any atom is 0.416 e. The van der Waals surface area contributed by atoms with Crippen molar-refractivity contribution in [1.82, 2.24) is 14.9 Å². The van der Waals surface area contributed by atoms with Crippen LogP contribution >= 0.6 is 23.4 Å². The maximum absolute atomic E-state index is 12.8. The molecule has 0 saturated heterocycles. The Balaban J connectivity index is 2.12. The van der Waals surface area contributed by atoms with Crippen LogP contribution in [0.2, 0.25) is 5.02 Å². The Hall–Kier alpha value is -1.94. The second-order valence-corrected chi connectivity index (χ2v) is 7.52. The van der Waals surface area contributed by atoms with Crippen molar-refractivity contribution in [2.75, 3.05) is 11.2 Å². The van der Waals surface area contributed by atoms with E-state index in [2.05, 4.69) is 15.5 Å². The van der Waals surface area contributed by atoms with E-state index in [0.29, 0.717) is 11.0 Å². The number of halogens is 4. The molecule has 1 atom stereocenters. The number of nitrogens with two attached hydrogens (primary N) is 1. The van der Waals surface area contributed by atoms with Crippen molar-refractivity contribution in [3.05, 3.63) is 34.6 Å². The Labute approximate surface area is 157 Å². The average Bonchev–Trinajstić information content (AvgIpc) is 2.89. The lowest BCUT2D eigenvalue weighted by Gasteiger charge is -2.14. The van der Waals surface area contributed by atoms with Gasteiger partial charge in [-0.15, -0.1) is 10.2 Å². The van der Waals surface area contributed by atoms with Crippen LogP contribution < -0.4 is 11.2 Å². The molecule has 0 fully saturated rings. The molecule has 142 valence electrons. The molecule has 1 heterocycles. The molecule has 0 unspecified atom stereocenters. The zero-order valence-electron chi connectivity index (χ0n) is 14.1. The first kappa shape index (κ1) is 20.4. The summed E-state index contributed by atoms with van der Waals surface area (Å²) >= 11 is 6.92. The van der Waals surface area contributed by atoms with E-state index in [-0.39, 0.29) is 16.6 Å². The first-order chi connectivity index (χ1) is 12.0. The molecule has 1 aromatic carbocycles. The van der Waals surface area contributed by atoms with Crippen LogP contribution in [-0.4, -0.2) is 26.0 Å². The highest BCUT2D eigenvalue weighted by Gasteiger charge is 2.31. The van der Waals surface area contributed by atoms with Crippen LogP contribution in [0, 0.1) is 0 Å². The Morgan fingerprint density at radius 3 is 2.50 bits per heavy atom. The summed E-state index contributed by atoms with van der Waals surface area (Å²) in [6.07, 6.45) is -4.53. The van der Waals surface area contributed by atoms with Gasteiger partial charge < -0.3 is 11.2 Å². The predicted molar refractivity (Wildman–Crippen MR) is 94.7 cm³/mol. The molecule has 1 amide bonds. The van der Waals surface area contributed by atoms with Crippen molar-refractivity contribution in [3.63, 3.8) is 0 Å². The minimum atomic E-state index is -4.53. The normalized spacial score (nSPS) is 13.1. The predicted octanol–water partition coefficient (Wildman–Crippen LogP) is 3.91. The summed E-state index contributed by atoms with van der Waals surface area (Å²) < 4.78 is 39.7. The van der Waals surface area contributed by atoms with Gasteiger partial charge in [0.15, 0.2) is 5.82 Å². The van der Waals surface area contributed by atoms with Gasteiger partial charge in [-0.3, -0.25) is 4.79 Å². The number of carbonyl (C=O) groups is 1. The van der Waals surface area contributed by atoms with Crippen LogP contribution in [0.25, 0.3) is 0 Å². The number of nitrogen functional groups attached to an aromatic ring is 1. The minimum absolute atomic E-state index is 0.00707. The Morgan fingerprint density at radius 1 is 1.31 bits per heavy atom. The van der Waals surface area contributed by atoms with Gasteiger partial charge in [0.1, 0.15) is 0 Å². The number of nitrogens with zero attached hydrogens (tertiary/aromatic N) is 3. The zero-order valence-corrected chi connectivity index (χ0v) is 15.7. The number of nitrogens with one attached hydrogen (secondary N) is 1. The lowest BCUT2D eigenvalue weighted by molar-refractivity contribution is -0.137. The van der Waals surface area contributed by atoms with E-state index >= 15 is 0 Å². The third-order valence-electron chi connectivity index (χ3n) is 3.41. The van der Waals surface area contributed by atoms with Gasteiger partial charge in [0.05, 0.1) is 21.5 Å². The number of anilines is 1. The summed E-state index contributed by atoms with van der Waals surface area (Å²) in [7, 11) is 0. The van der Waals surface area contributed by atoms with Gasteiger partial charge >= 0.3 is 6.18 Å². The van der Waals surface area contributed by atoms with E-state index in [1.54, 1.807) is 6.92 Å². The van der Waals surface area contributed by atoms with Crippen molar-refractivity contribution >= 4 is 35.0 Å². The van der Waals surface area contributed by atoms with Crippen LogP contribution in [0.4, 0.5) is 18.9 Å². The fourth-order valence-electron chi connectivity index (χ4n) is 2.01. The molecule has 1 aromatic heterocycles. The standard InChI is InChI=1S/C15H17ClF3N5OS/c1-7(2)12-22-23-14(24(12)20)26-8(3)13(25)21-11-6-9(15(17,18)19)4-5-10(11)16/h4-8H,20H2,1-3H3,(H,21,25)/t8-/m0/s1. The monoisotopic (exact) mass is 407 g/mol. The van der Waals surface area contributed by atoms with Gasteiger partial charge in [-0.05, 0) is 25.1 Å². The highest BCUT2D eigenvalue weighted by Crippen LogP contribution is 2.34. The highest BCUT2D eigenvalue weighted by molar-refractivity contribution is 8.00. The molecular weight excluding hydrogens is 391 g/mol. The molecule has 0 saturated carbocycles. The van der Waals surface area contributed by atoms with Gasteiger partial charge in [-0.2, -0.15) is 13.2 Å². The summed E-state index contributed by atoms with van der Waals surface area (Å²) in [6.45, 7) is 5.37. The summed E-state index contributed by atoms with van der Waals surface area (Å²) in [5, 5.41) is 9.93. The summed E-state index contributed by atoms with van der Waals surface area (Å²) in [5.41, 5.74) is -1.02. The summed E-state index contributed by atoms with van der Waals surface area (Å²) in [4.78, 5) is 12.3. The molecule has 6 nitrogen and oxygen atoms in total. The molecule has 26 heavy (non-hydrogen) atoms. The van der Waals surface area contributed by atoms with Crippen molar-refractivity contribution in [2.24, 2.45) is 0 Å². The second-order valence-electron chi connectivity index (χ2n) is 5.81. The van der Waals surface area contributed by atoms with Crippen LogP contribution in [-0.2, 0) is 11.0 Å². The molecule has 11 heteroatoms. The number of aromatic nitrogens is 3. The highest BCUT2D eigenvalue weighted by atomic mass is 35.5. The Bertz CT molecular complexity index is 809. The molecule has 0 bridgehead atoms. The molecule has 2 aromatic rings. The molecule has 0 aliphatic rings.